The van der Waals surface area contributed by atoms with Gasteiger partial charge in [-0.25, -0.2) is 0 Å². The first-order valence-corrected chi connectivity index (χ1v) is 6.10. The van der Waals surface area contributed by atoms with Crippen LogP contribution in [0.5, 0.6) is 0 Å². The second kappa shape index (κ2) is 3.98. The fraction of sp³-hybridized carbons (Fsp3) is 0.556. The SMILES string of the molecule is CN1CCN(c2csc(Br)c2)CC1. The summed E-state index contributed by atoms with van der Waals surface area (Å²) in [5.41, 5.74) is 1.37. The van der Waals surface area contributed by atoms with E-state index in [9.17, 15) is 0 Å². The Balaban J connectivity index is 2.02. The monoisotopic (exact) mass is 260 g/mol. The second-order valence-corrected chi connectivity index (χ2v) is 5.69. The molecule has 1 fully saturated rings. The highest BCUT2D eigenvalue weighted by atomic mass is 79.9. The molecular formula is C9H13BrN2S. The molecular weight excluding hydrogens is 248 g/mol. The van der Waals surface area contributed by atoms with Crippen LogP contribution >= 0.6 is 27.3 Å². The van der Waals surface area contributed by atoms with Crippen molar-refractivity contribution in [1.82, 2.24) is 4.90 Å². The summed E-state index contributed by atoms with van der Waals surface area (Å²) in [6, 6.07) is 2.20. The number of likely N-dealkylation sites (N-methyl/N-ethyl adjacent to an activating group) is 1. The zero-order chi connectivity index (χ0) is 9.26. The Morgan fingerprint density at radius 1 is 1.31 bits per heavy atom. The average molecular weight is 261 g/mol. The van der Waals surface area contributed by atoms with Gasteiger partial charge < -0.3 is 9.80 Å². The van der Waals surface area contributed by atoms with Gasteiger partial charge in [0.25, 0.3) is 0 Å². The number of rotatable bonds is 1. The lowest BCUT2D eigenvalue weighted by Gasteiger charge is -2.33. The molecule has 13 heavy (non-hydrogen) atoms. The lowest BCUT2D eigenvalue weighted by atomic mass is 10.3. The smallest absolute Gasteiger partial charge is 0.0719 e. The minimum atomic E-state index is 1.15. The van der Waals surface area contributed by atoms with Gasteiger partial charge in [-0.05, 0) is 29.0 Å². The normalized spacial score (nSPS) is 19.4. The zero-order valence-electron chi connectivity index (χ0n) is 7.66. The van der Waals surface area contributed by atoms with Crippen LogP contribution in [0.1, 0.15) is 0 Å². The van der Waals surface area contributed by atoms with Crippen LogP contribution < -0.4 is 4.90 Å². The molecule has 0 N–H and O–H groups in total. The van der Waals surface area contributed by atoms with E-state index in [1.165, 1.54) is 22.6 Å². The van der Waals surface area contributed by atoms with Gasteiger partial charge >= 0.3 is 0 Å². The predicted octanol–water partition coefficient (Wildman–Crippen LogP) is 2.26. The molecule has 2 heterocycles. The summed E-state index contributed by atoms with van der Waals surface area (Å²) in [4.78, 5) is 4.82. The average Bonchev–Trinajstić information content (AvgIpc) is 2.53. The fourth-order valence-electron chi connectivity index (χ4n) is 1.53. The largest absolute Gasteiger partial charge is 0.368 e. The second-order valence-electron chi connectivity index (χ2n) is 3.40. The van der Waals surface area contributed by atoms with E-state index in [1.54, 1.807) is 11.3 Å². The molecule has 1 aliphatic rings. The van der Waals surface area contributed by atoms with Crippen LogP contribution in [0.4, 0.5) is 5.69 Å². The molecule has 1 aromatic rings. The van der Waals surface area contributed by atoms with Crippen LogP contribution in [0.25, 0.3) is 0 Å². The summed E-state index contributed by atoms with van der Waals surface area (Å²) in [5.74, 6) is 0. The van der Waals surface area contributed by atoms with E-state index in [2.05, 4.69) is 44.2 Å². The molecule has 0 aliphatic carbocycles. The summed E-state index contributed by atoms with van der Waals surface area (Å²) in [5, 5.41) is 2.22. The van der Waals surface area contributed by atoms with E-state index in [0.29, 0.717) is 0 Å². The maximum Gasteiger partial charge on any atom is 0.0719 e. The van der Waals surface area contributed by atoms with Gasteiger partial charge in [0.05, 0.1) is 3.79 Å². The third-order valence-electron chi connectivity index (χ3n) is 2.42. The van der Waals surface area contributed by atoms with Crippen molar-refractivity contribution in [2.24, 2.45) is 0 Å². The highest BCUT2D eigenvalue weighted by molar-refractivity contribution is 9.11. The standard InChI is InChI=1S/C9H13BrN2S/c1-11-2-4-12(5-3-11)8-6-9(10)13-7-8/h6-7H,2-5H2,1H3. The molecule has 0 atom stereocenters. The summed E-state index contributed by atoms with van der Waals surface area (Å²) >= 11 is 5.25. The summed E-state index contributed by atoms with van der Waals surface area (Å²) in [7, 11) is 2.18. The van der Waals surface area contributed by atoms with Gasteiger partial charge in [0.15, 0.2) is 0 Å². The highest BCUT2D eigenvalue weighted by Gasteiger charge is 2.14. The molecule has 0 saturated carbocycles. The molecule has 0 unspecified atom stereocenters. The molecule has 0 spiro atoms. The summed E-state index contributed by atoms with van der Waals surface area (Å²) in [6.45, 7) is 4.65. The molecule has 0 amide bonds. The van der Waals surface area contributed by atoms with Gasteiger partial charge in [-0.3, -0.25) is 0 Å². The minimum absolute atomic E-state index is 1.15. The van der Waals surface area contributed by atoms with Crippen molar-refractivity contribution < 1.29 is 0 Å². The van der Waals surface area contributed by atoms with Crippen LogP contribution in [-0.4, -0.2) is 38.1 Å². The molecule has 72 valence electrons. The number of thiophene rings is 1. The molecule has 1 saturated heterocycles. The molecule has 2 nitrogen and oxygen atoms in total. The first-order chi connectivity index (χ1) is 6.25. The highest BCUT2D eigenvalue weighted by Crippen LogP contribution is 2.27. The van der Waals surface area contributed by atoms with Gasteiger partial charge in [-0.1, -0.05) is 0 Å². The van der Waals surface area contributed by atoms with Crippen LogP contribution in [0.3, 0.4) is 0 Å². The van der Waals surface area contributed by atoms with Gasteiger partial charge in [0, 0.05) is 37.2 Å². The Labute approximate surface area is 91.3 Å². The summed E-state index contributed by atoms with van der Waals surface area (Å²) < 4.78 is 1.22. The molecule has 0 radical (unpaired) electrons. The topological polar surface area (TPSA) is 6.48 Å². The Morgan fingerprint density at radius 2 is 2.00 bits per heavy atom. The number of hydrogen-bond donors (Lipinski definition) is 0. The Bertz CT molecular complexity index is 279. The fourth-order valence-corrected chi connectivity index (χ4v) is 2.69. The van der Waals surface area contributed by atoms with Gasteiger partial charge in [0.1, 0.15) is 0 Å². The number of nitrogens with zero attached hydrogens (tertiary/aromatic N) is 2. The maximum atomic E-state index is 3.49. The Hall–Kier alpha value is -0.0600. The van der Waals surface area contributed by atoms with E-state index in [-0.39, 0.29) is 0 Å². The van der Waals surface area contributed by atoms with Crippen molar-refractivity contribution >= 4 is 33.0 Å². The van der Waals surface area contributed by atoms with Crippen molar-refractivity contribution in [3.63, 3.8) is 0 Å². The first kappa shape index (κ1) is 9.49. The van der Waals surface area contributed by atoms with Crippen molar-refractivity contribution in [3.8, 4) is 0 Å². The van der Waals surface area contributed by atoms with Gasteiger partial charge in [0.2, 0.25) is 0 Å². The number of halogens is 1. The lowest BCUT2D eigenvalue weighted by Crippen LogP contribution is -2.44. The van der Waals surface area contributed by atoms with Crippen LogP contribution in [0.2, 0.25) is 0 Å². The number of hydrogen-bond acceptors (Lipinski definition) is 3. The molecule has 2 rings (SSSR count). The first-order valence-electron chi connectivity index (χ1n) is 4.43. The van der Waals surface area contributed by atoms with Crippen molar-refractivity contribution in [2.75, 3.05) is 38.1 Å². The summed E-state index contributed by atoms with van der Waals surface area (Å²) in [6.07, 6.45) is 0. The Kier molecular flexibility index (Phi) is 2.91. The minimum Gasteiger partial charge on any atom is -0.368 e. The quantitative estimate of drug-likeness (QED) is 0.765. The van der Waals surface area contributed by atoms with Gasteiger partial charge in [-0.2, -0.15) is 0 Å². The van der Waals surface area contributed by atoms with E-state index in [0.717, 1.165) is 13.1 Å². The molecule has 4 heteroatoms. The third-order valence-corrected chi connectivity index (χ3v) is 3.91. The molecule has 1 aliphatic heterocycles. The van der Waals surface area contributed by atoms with E-state index in [1.807, 2.05) is 0 Å². The number of piperazine rings is 1. The maximum absolute atomic E-state index is 3.49. The van der Waals surface area contributed by atoms with Crippen LogP contribution in [0, 0.1) is 0 Å². The van der Waals surface area contributed by atoms with Crippen molar-refractivity contribution in [2.45, 2.75) is 0 Å². The number of anilines is 1. The van der Waals surface area contributed by atoms with Crippen LogP contribution in [0.15, 0.2) is 15.2 Å². The van der Waals surface area contributed by atoms with Crippen LogP contribution in [-0.2, 0) is 0 Å². The van der Waals surface area contributed by atoms with E-state index < -0.39 is 0 Å². The molecule has 0 aromatic carbocycles. The molecule has 0 bridgehead atoms. The zero-order valence-corrected chi connectivity index (χ0v) is 10.1. The van der Waals surface area contributed by atoms with E-state index >= 15 is 0 Å². The van der Waals surface area contributed by atoms with Gasteiger partial charge in [-0.15, -0.1) is 11.3 Å². The lowest BCUT2D eigenvalue weighted by molar-refractivity contribution is 0.313. The van der Waals surface area contributed by atoms with Crippen molar-refractivity contribution in [3.05, 3.63) is 15.2 Å². The predicted molar refractivity (Wildman–Crippen MR) is 61.7 cm³/mol. The van der Waals surface area contributed by atoms with E-state index in [4.69, 9.17) is 0 Å². The Morgan fingerprint density at radius 3 is 2.54 bits per heavy atom. The van der Waals surface area contributed by atoms with Crippen molar-refractivity contribution in [1.29, 1.82) is 0 Å². The third kappa shape index (κ3) is 2.24. The molecule has 1 aromatic heterocycles.